The van der Waals surface area contributed by atoms with Gasteiger partial charge >= 0.3 is 0 Å². The van der Waals surface area contributed by atoms with Crippen molar-refractivity contribution in [3.05, 3.63) is 35.4 Å². The molecule has 1 aliphatic rings. The van der Waals surface area contributed by atoms with Gasteiger partial charge in [-0.15, -0.1) is 24.0 Å². The highest BCUT2D eigenvalue weighted by molar-refractivity contribution is 14.0. The van der Waals surface area contributed by atoms with Crippen molar-refractivity contribution in [3.63, 3.8) is 0 Å². The Bertz CT molecular complexity index is 465. The van der Waals surface area contributed by atoms with Crippen LogP contribution in [0.25, 0.3) is 0 Å². The van der Waals surface area contributed by atoms with Gasteiger partial charge in [-0.1, -0.05) is 24.3 Å². The zero-order valence-electron chi connectivity index (χ0n) is 12.8. The number of ether oxygens (including phenoxy) is 1. The van der Waals surface area contributed by atoms with Gasteiger partial charge in [0, 0.05) is 25.6 Å². The van der Waals surface area contributed by atoms with E-state index in [4.69, 9.17) is 10.5 Å². The van der Waals surface area contributed by atoms with Crippen molar-refractivity contribution >= 4 is 29.9 Å². The van der Waals surface area contributed by atoms with Crippen molar-refractivity contribution in [3.8, 4) is 0 Å². The van der Waals surface area contributed by atoms with Crippen LogP contribution in [0.4, 0.5) is 0 Å². The molecule has 0 bridgehead atoms. The molecule has 1 aliphatic carbocycles. The Morgan fingerprint density at radius 2 is 2.24 bits per heavy atom. The van der Waals surface area contributed by atoms with Crippen LogP contribution in [0, 0.1) is 0 Å². The number of nitrogens with one attached hydrogen (secondary N) is 1. The number of benzene rings is 1. The summed E-state index contributed by atoms with van der Waals surface area (Å²) in [5.41, 5.74) is 8.84. The summed E-state index contributed by atoms with van der Waals surface area (Å²) >= 11 is 0. The molecule has 2 atom stereocenters. The maximum absolute atomic E-state index is 5.93. The zero-order valence-corrected chi connectivity index (χ0v) is 15.2. The van der Waals surface area contributed by atoms with Crippen LogP contribution in [0.1, 0.15) is 36.8 Å². The van der Waals surface area contributed by atoms with E-state index in [9.17, 15) is 0 Å². The largest absolute Gasteiger partial charge is 0.383 e. The summed E-state index contributed by atoms with van der Waals surface area (Å²) < 4.78 is 5.07. The quantitative estimate of drug-likeness (QED) is 0.452. The zero-order chi connectivity index (χ0) is 14.4. The summed E-state index contributed by atoms with van der Waals surface area (Å²) in [5.74, 6) is 1.01. The second-order valence-electron chi connectivity index (χ2n) is 5.51. The van der Waals surface area contributed by atoms with Crippen molar-refractivity contribution in [1.82, 2.24) is 5.32 Å². The average molecular weight is 403 g/mol. The first-order valence-electron chi connectivity index (χ1n) is 7.34. The Morgan fingerprint density at radius 3 is 3.00 bits per heavy atom. The smallest absolute Gasteiger partial charge is 0.188 e. The fraction of sp³-hybridized carbons (Fsp3) is 0.562. The molecular formula is C16H26IN3O. The van der Waals surface area contributed by atoms with Crippen molar-refractivity contribution in [1.29, 1.82) is 0 Å². The summed E-state index contributed by atoms with van der Waals surface area (Å²) in [6.07, 6.45) is 3.63. The Balaban J connectivity index is 0.00000220. The molecular weight excluding hydrogens is 377 g/mol. The molecule has 118 valence electrons. The van der Waals surface area contributed by atoms with Gasteiger partial charge in [-0.25, -0.2) is 0 Å². The van der Waals surface area contributed by atoms with Gasteiger partial charge in [-0.3, -0.25) is 4.99 Å². The van der Waals surface area contributed by atoms with Gasteiger partial charge < -0.3 is 15.8 Å². The second-order valence-corrected chi connectivity index (χ2v) is 5.51. The van der Waals surface area contributed by atoms with E-state index in [0.717, 1.165) is 6.54 Å². The van der Waals surface area contributed by atoms with Gasteiger partial charge in [0.2, 0.25) is 0 Å². The maximum atomic E-state index is 5.93. The number of aryl methyl sites for hydroxylation is 1. The van der Waals surface area contributed by atoms with E-state index >= 15 is 0 Å². The number of nitrogens with two attached hydrogens (primary N) is 1. The summed E-state index contributed by atoms with van der Waals surface area (Å²) in [6.45, 7) is 3.42. The van der Waals surface area contributed by atoms with E-state index < -0.39 is 0 Å². The standard InChI is InChI=1S/C16H25N3O.HI/c1-12(11-20-2)19-16(17)18-10-14-8-5-7-13-6-3-4-9-15(13)14;/h3-4,6,9,12,14H,5,7-8,10-11H2,1-2H3,(H3,17,18,19);1H. The van der Waals surface area contributed by atoms with E-state index in [0.29, 0.717) is 18.5 Å². The molecule has 0 spiro atoms. The summed E-state index contributed by atoms with van der Waals surface area (Å²) in [7, 11) is 1.68. The average Bonchev–Trinajstić information content (AvgIpc) is 2.45. The Hall–Kier alpha value is -0.820. The molecule has 0 amide bonds. The van der Waals surface area contributed by atoms with E-state index in [1.807, 2.05) is 6.92 Å². The van der Waals surface area contributed by atoms with E-state index in [2.05, 4.69) is 34.6 Å². The number of hydrogen-bond acceptors (Lipinski definition) is 2. The van der Waals surface area contributed by atoms with Crippen molar-refractivity contribution < 1.29 is 4.74 Å². The molecule has 0 aliphatic heterocycles. The highest BCUT2D eigenvalue weighted by Gasteiger charge is 2.19. The highest BCUT2D eigenvalue weighted by Crippen LogP contribution is 2.31. The minimum atomic E-state index is 0. The first-order chi connectivity index (χ1) is 9.70. The number of methoxy groups -OCH3 is 1. The Morgan fingerprint density at radius 1 is 1.48 bits per heavy atom. The number of hydrogen-bond donors (Lipinski definition) is 2. The maximum Gasteiger partial charge on any atom is 0.188 e. The first kappa shape index (κ1) is 18.2. The Kier molecular flexibility index (Phi) is 8.03. The molecule has 2 unspecified atom stereocenters. The number of aliphatic imine (C=N–C) groups is 1. The molecule has 0 heterocycles. The molecule has 1 aromatic carbocycles. The summed E-state index contributed by atoms with van der Waals surface area (Å²) in [6, 6.07) is 8.87. The molecule has 3 N–H and O–H groups in total. The molecule has 0 saturated carbocycles. The van der Waals surface area contributed by atoms with Crippen LogP contribution in [0.5, 0.6) is 0 Å². The molecule has 0 saturated heterocycles. The lowest BCUT2D eigenvalue weighted by Gasteiger charge is -2.24. The lowest BCUT2D eigenvalue weighted by Crippen LogP contribution is -2.41. The lowest BCUT2D eigenvalue weighted by atomic mass is 9.83. The van der Waals surface area contributed by atoms with Crippen LogP contribution < -0.4 is 11.1 Å². The van der Waals surface area contributed by atoms with E-state index in [-0.39, 0.29) is 30.0 Å². The predicted molar refractivity (Wildman–Crippen MR) is 98.5 cm³/mol. The molecule has 0 aromatic heterocycles. The van der Waals surface area contributed by atoms with Crippen LogP contribution in [-0.2, 0) is 11.2 Å². The van der Waals surface area contributed by atoms with Crippen LogP contribution >= 0.6 is 24.0 Å². The molecule has 0 fully saturated rings. The molecule has 1 aromatic rings. The number of rotatable bonds is 5. The first-order valence-corrected chi connectivity index (χ1v) is 7.34. The van der Waals surface area contributed by atoms with Crippen LogP contribution in [0.3, 0.4) is 0 Å². The summed E-state index contributed by atoms with van der Waals surface area (Å²) in [5, 5.41) is 3.15. The van der Waals surface area contributed by atoms with Gasteiger partial charge in [0.1, 0.15) is 0 Å². The number of fused-ring (bicyclic) bond motifs is 1. The number of halogens is 1. The monoisotopic (exact) mass is 403 g/mol. The minimum absolute atomic E-state index is 0. The van der Waals surface area contributed by atoms with E-state index in [1.54, 1.807) is 7.11 Å². The molecule has 2 rings (SSSR count). The van der Waals surface area contributed by atoms with Crippen LogP contribution in [0.15, 0.2) is 29.3 Å². The highest BCUT2D eigenvalue weighted by atomic mass is 127. The Labute approximate surface area is 144 Å². The predicted octanol–water partition coefficient (Wildman–Crippen LogP) is 2.66. The van der Waals surface area contributed by atoms with Gasteiger partial charge in [0.15, 0.2) is 5.96 Å². The second kappa shape index (κ2) is 9.25. The number of nitrogens with zero attached hydrogens (tertiary/aromatic N) is 1. The molecule has 21 heavy (non-hydrogen) atoms. The third-order valence-electron chi connectivity index (χ3n) is 3.79. The SMILES string of the molecule is COCC(C)NC(N)=NCC1CCCc2ccccc21.I. The van der Waals surface area contributed by atoms with Gasteiger partial charge in [-0.2, -0.15) is 0 Å². The van der Waals surface area contributed by atoms with Crippen molar-refractivity contribution in [2.45, 2.75) is 38.1 Å². The third-order valence-corrected chi connectivity index (χ3v) is 3.79. The normalized spacial score (nSPS) is 19.3. The topological polar surface area (TPSA) is 59.6 Å². The van der Waals surface area contributed by atoms with Gasteiger partial charge in [-0.05, 0) is 37.3 Å². The van der Waals surface area contributed by atoms with Gasteiger partial charge in [0.25, 0.3) is 0 Å². The fourth-order valence-corrected chi connectivity index (χ4v) is 2.84. The van der Waals surface area contributed by atoms with Crippen molar-refractivity contribution in [2.24, 2.45) is 10.7 Å². The minimum Gasteiger partial charge on any atom is -0.383 e. The molecule has 5 heteroatoms. The van der Waals surface area contributed by atoms with Crippen LogP contribution in [-0.4, -0.2) is 32.3 Å². The van der Waals surface area contributed by atoms with Gasteiger partial charge in [0.05, 0.1) is 6.61 Å². The fourth-order valence-electron chi connectivity index (χ4n) is 2.84. The number of guanidine groups is 1. The van der Waals surface area contributed by atoms with Crippen molar-refractivity contribution in [2.75, 3.05) is 20.3 Å². The summed E-state index contributed by atoms with van der Waals surface area (Å²) in [4.78, 5) is 4.50. The molecule has 4 nitrogen and oxygen atoms in total. The van der Waals surface area contributed by atoms with E-state index in [1.165, 1.54) is 30.4 Å². The van der Waals surface area contributed by atoms with Crippen LogP contribution in [0.2, 0.25) is 0 Å². The third kappa shape index (κ3) is 5.47. The lowest BCUT2D eigenvalue weighted by molar-refractivity contribution is 0.179. The molecule has 0 radical (unpaired) electrons.